The van der Waals surface area contributed by atoms with Crippen LogP contribution < -0.4 is 15.8 Å². The summed E-state index contributed by atoms with van der Waals surface area (Å²) in [4.78, 5) is 44.4. The number of nitrogens with one attached hydrogen (secondary N) is 1. The standard InChI is InChI=1S/C36H44N4O3/c1-5-29-9-6-7-18-39(29)35(43)26-14-17-32(30(20-26)37-34(42)25-12-15-28(16-13-25)36(2,3)4)38-21-24-19-27(23-38)31-10-8-11-33(41)40(31)22-24/h8,10-17,20,24,27,29H,5-7,9,18-19,21-23H2,1-4H3,(H,37,42). The van der Waals surface area contributed by atoms with Crippen LogP contribution >= 0.6 is 0 Å². The number of nitrogens with zero attached hydrogens (tertiary/aromatic N) is 3. The van der Waals surface area contributed by atoms with Crippen molar-refractivity contribution in [3.8, 4) is 0 Å². The first-order chi connectivity index (χ1) is 20.6. The molecule has 2 bridgehead atoms. The van der Waals surface area contributed by atoms with Gasteiger partial charge in [-0.1, -0.05) is 45.9 Å². The summed E-state index contributed by atoms with van der Waals surface area (Å²) in [6.45, 7) is 11.6. The molecule has 0 spiro atoms. The molecule has 3 aliphatic rings. The summed E-state index contributed by atoms with van der Waals surface area (Å²) in [6.07, 6.45) is 5.21. The number of amides is 2. The monoisotopic (exact) mass is 580 g/mol. The minimum Gasteiger partial charge on any atom is -0.369 e. The second-order valence-corrected chi connectivity index (χ2v) is 13.7. The van der Waals surface area contributed by atoms with Gasteiger partial charge in [0.1, 0.15) is 0 Å². The Morgan fingerprint density at radius 1 is 0.930 bits per heavy atom. The van der Waals surface area contributed by atoms with Gasteiger partial charge in [-0.3, -0.25) is 14.4 Å². The van der Waals surface area contributed by atoms with E-state index in [9.17, 15) is 14.4 Å². The number of rotatable bonds is 5. The first kappa shape index (κ1) is 29.2. The average molecular weight is 581 g/mol. The molecule has 226 valence electrons. The van der Waals surface area contributed by atoms with Crippen LogP contribution in [0, 0.1) is 5.92 Å². The van der Waals surface area contributed by atoms with Crippen molar-refractivity contribution in [1.29, 1.82) is 0 Å². The Labute approximate surface area is 254 Å². The molecule has 7 heteroatoms. The zero-order valence-electron chi connectivity index (χ0n) is 25.9. The third-order valence-electron chi connectivity index (χ3n) is 9.68. The van der Waals surface area contributed by atoms with Gasteiger partial charge >= 0.3 is 0 Å². The molecule has 7 nitrogen and oxygen atoms in total. The van der Waals surface area contributed by atoms with E-state index in [1.807, 2.05) is 58.0 Å². The van der Waals surface area contributed by atoms with Gasteiger partial charge < -0.3 is 19.7 Å². The molecule has 2 amide bonds. The number of fused-ring (bicyclic) bond motifs is 4. The molecule has 6 rings (SSSR count). The Hall–Kier alpha value is -3.87. The molecule has 3 aromatic rings. The van der Waals surface area contributed by atoms with Crippen molar-refractivity contribution in [3.05, 3.63) is 93.4 Å². The molecule has 0 aliphatic carbocycles. The van der Waals surface area contributed by atoms with Crippen LogP contribution in [0.15, 0.2) is 65.5 Å². The summed E-state index contributed by atoms with van der Waals surface area (Å²) in [7, 11) is 0. The van der Waals surface area contributed by atoms with E-state index in [0.717, 1.165) is 63.1 Å². The summed E-state index contributed by atoms with van der Waals surface area (Å²) in [5.74, 6) is 0.409. The normalized spacial score (nSPS) is 21.7. The fourth-order valence-corrected chi connectivity index (χ4v) is 7.31. The highest BCUT2D eigenvalue weighted by Gasteiger charge is 2.36. The van der Waals surface area contributed by atoms with Gasteiger partial charge in [0.25, 0.3) is 17.4 Å². The van der Waals surface area contributed by atoms with Gasteiger partial charge in [-0.25, -0.2) is 0 Å². The fraction of sp³-hybridized carbons (Fsp3) is 0.472. The molecular weight excluding hydrogens is 536 g/mol. The number of anilines is 2. The highest BCUT2D eigenvalue weighted by molar-refractivity contribution is 6.07. The SMILES string of the molecule is CCC1CCCCN1C(=O)c1ccc(N2CC3CC(C2)c2cccc(=O)n2C3)c(NC(=O)c2ccc(C(C)(C)C)cc2)c1. The quantitative estimate of drug-likeness (QED) is 0.378. The Bertz CT molecular complexity index is 1570. The summed E-state index contributed by atoms with van der Waals surface area (Å²) in [5, 5.41) is 3.19. The Kier molecular flexibility index (Phi) is 7.92. The topological polar surface area (TPSA) is 74.7 Å². The van der Waals surface area contributed by atoms with E-state index in [-0.39, 0.29) is 34.7 Å². The maximum absolute atomic E-state index is 13.8. The van der Waals surface area contributed by atoms with Gasteiger partial charge in [-0.15, -0.1) is 0 Å². The van der Waals surface area contributed by atoms with Crippen LogP contribution in [0.25, 0.3) is 0 Å². The summed E-state index contributed by atoms with van der Waals surface area (Å²) >= 11 is 0. The number of carbonyl (C=O) groups excluding carboxylic acids is 2. The lowest BCUT2D eigenvalue weighted by Crippen LogP contribution is -2.47. The second-order valence-electron chi connectivity index (χ2n) is 13.7. The number of pyridine rings is 1. The van der Waals surface area contributed by atoms with E-state index in [4.69, 9.17) is 0 Å². The van der Waals surface area contributed by atoms with E-state index in [0.29, 0.717) is 29.3 Å². The first-order valence-electron chi connectivity index (χ1n) is 15.9. The van der Waals surface area contributed by atoms with Crippen molar-refractivity contribution >= 4 is 23.2 Å². The predicted octanol–water partition coefficient (Wildman–Crippen LogP) is 6.43. The third-order valence-corrected chi connectivity index (χ3v) is 9.68. The number of aromatic nitrogens is 1. The summed E-state index contributed by atoms with van der Waals surface area (Å²) in [6, 6.07) is 19.4. The highest BCUT2D eigenvalue weighted by atomic mass is 16.2. The molecule has 2 aromatic carbocycles. The van der Waals surface area contributed by atoms with E-state index in [1.165, 1.54) is 5.56 Å². The van der Waals surface area contributed by atoms with Crippen molar-refractivity contribution in [2.45, 2.75) is 83.7 Å². The molecule has 0 radical (unpaired) electrons. The first-order valence-corrected chi connectivity index (χ1v) is 15.9. The average Bonchev–Trinajstić information content (AvgIpc) is 3.00. The molecule has 1 aromatic heterocycles. The van der Waals surface area contributed by atoms with E-state index < -0.39 is 0 Å². The minimum atomic E-state index is -0.190. The van der Waals surface area contributed by atoms with Gasteiger partial charge in [0.05, 0.1) is 11.4 Å². The third kappa shape index (κ3) is 5.86. The molecular formula is C36H44N4O3. The smallest absolute Gasteiger partial charge is 0.255 e. The van der Waals surface area contributed by atoms with Gasteiger partial charge in [0, 0.05) is 61.0 Å². The molecule has 1 N–H and O–H groups in total. The molecule has 3 unspecified atom stereocenters. The van der Waals surface area contributed by atoms with Gasteiger partial charge in [-0.2, -0.15) is 0 Å². The van der Waals surface area contributed by atoms with Crippen LogP contribution in [0.5, 0.6) is 0 Å². The van der Waals surface area contributed by atoms with Crippen LogP contribution in [-0.4, -0.2) is 47.0 Å². The van der Waals surface area contributed by atoms with Crippen molar-refractivity contribution in [2.75, 3.05) is 29.9 Å². The maximum Gasteiger partial charge on any atom is 0.255 e. The van der Waals surface area contributed by atoms with Crippen molar-refractivity contribution < 1.29 is 9.59 Å². The van der Waals surface area contributed by atoms with Gasteiger partial charge in [0.2, 0.25) is 0 Å². The van der Waals surface area contributed by atoms with E-state index >= 15 is 0 Å². The van der Waals surface area contributed by atoms with E-state index in [2.05, 4.69) is 44.0 Å². The van der Waals surface area contributed by atoms with Crippen LogP contribution in [-0.2, 0) is 12.0 Å². The zero-order chi connectivity index (χ0) is 30.3. The zero-order valence-corrected chi connectivity index (χ0v) is 25.9. The Morgan fingerprint density at radius 2 is 1.70 bits per heavy atom. The number of hydrogen-bond acceptors (Lipinski definition) is 4. The second kappa shape index (κ2) is 11.7. The number of likely N-dealkylation sites (tertiary alicyclic amines) is 1. The van der Waals surface area contributed by atoms with Crippen LogP contribution in [0.4, 0.5) is 11.4 Å². The summed E-state index contributed by atoms with van der Waals surface area (Å²) in [5.41, 5.74) is 5.09. The fourth-order valence-electron chi connectivity index (χ4n) is 7.31. The maximum atomic E-state index is 13.8. The van der Waals surface area contributed by atoms with Crippen LogP contribution in [0.1, 0.15) is 97.7 Å². The Morgan fingerprint density at radius 3 is 2.44 bits per heavy atom. The van der Waals surface area contributed by atoms with Crippen molar-refractivity contribution in [3.63, 3.8) is 0 Å². The number of piperidine rings is 2. The Balaban J connectivity index is 1.33. The highest BCUT2D eigenvalue weighted by Crippen LogP contribution is 2.40. The lowest BCUT2D eigenvalue weighted by atomic mass is 9.83. The lowest BCUT2D eigenvalue weighted by Gasteiger charge is -2.44. The molecule has 2 fully saturated rings. The van der Waals surface area contributed by atoms with Crippen LogP contribution in [0.3, 0.4) is 0 Å². The van der Waals surface area contributed by atoms with Crippen molar-refractivity contribution in [1.82, 2.24) is 9.47 Å². The lowest BCUT2D eigenvalue weighted by molar-refractivity contribution is 0.0608. The largest absolute Gasteiger partial charge is 0.369 e. The molecule has 3 atom stereocenters. The molecule has 3 aliphatic heterocycles. The van der Waals surface area contributed by atoms with E-state index in [1.54, 1.807) is 6.07 Å². The van der Waals surface area contributed by atoms with Gasteiger partial charge in [0.15, 0.2) is 0 Å². The van der Waals surface area contributed by atoms with Crippen LogP contribution in [0.2, 0.25) is 0 Å². The van der Waals surface area contributed by atoms with Crippen molar-refractivity contribution in [2.24, 2.45) is 5.92 Å². The number of hydrogen-bond donors (Lipinski definition) is 1. The molecule has 43 heavy (non-hydrogen) atoms. The molecule has 2 saturated heterocycles. The number of carbonyl (C=O) groups is 2. The predicted molar refractivity (Wildman–Crippen MR) is 172 cm³/mol. The summed E-state index contributed by atoms with van der Waals surface area (Å²) < 4.78 is 1.94. The minimum absolute atomic E-state index is 0.00223. The van der Waals surface area contributed by atoms with Gasteiger partial charge in [-0.05, 0) is 85.4 Å². The number of benzene rings is 2. The molecule has 0 saturated carbocycles. The molecule has 4 heterocycles.